The van der Waals surface area contributed by atoms with Gasteiger partial charge in [0.1, 0.15) is 11.6 Å². The van der Waals surface area contributed by atoms with Crippen molar-refractivity contribution in [1.29, 1.82) is 0 Å². The third kappa shape index (κ3) is 2.33. The summed E-state index contributed by atoms with van der Waals surface area (Å²) in [6.07, 6.45) is 2.13. The molecule has 0 aliphatic heterocycles. The number of ether oxygens (including phenoxy) is 1. The molecule has 2 aromatic rings. The summed E-state index contributed by atoms with van der Waals surface area (Å²) in [4.78, 5) is 4.59. The molecule has 3 rings (SSSR count). The highest BCUT2D eigenvalue weighted by Gasteiger charge is 2.34. The van der Waals surface area contributed by atoms with E-state index in [4.69, 9.17) is 16.3 Å². The van der Waals surface area contributed by atoms with Crippen LogP contribution in [-0.2, 0) is 4.74 Å². The molecule has 0 saturated heterocycles. The van der Waals surface area contributed by atoms with Gasteiger partial charge in [0.2, 0.25) is 0 Å². The van der Waals surface area contributed by atoms with Crippen LogP contribution in [0.5, 0.6) is 0 Å². The lowest BCUT2D eigenvalue weighted by atomic mass is 9.88. The van der Waals surface area contributed by atoms with Crippen LogP contribution in [0.4, 0.5) is 4.39 Å². The van der Waals surface area contributed by atoms with Gasteiger partial charge in [0, 0.05) is 19.2 Å². The van der Waals surface area contributed by atoms with Crippen LogP contribution in [0.3, 0.4) is 0 Å². The number of halogens is 3. The van der Waals surface area contributed by atoms with Crippen LogP contribution in [0.1, 0.15) is 37.0 Å². The molecule has 1 unspecified atom stereocenters. The Morgan fingerprint density at radius 2 is 2.20 bits per heavy atom. The number of aromatic nitrogens is 2. The Morgan fingerprint density at radius 1 is 1.50 bits per heavy atom. The largest absolute Gasteiger partial charge is 0.381 e. The zero-order chi connectivity index (χ0) is 14.4. The van der Waals surface area contributed by atoms with E-state index in [0.29, 0.717) is 9.61 Å². The molecule has 1 aliphatic carbocycles. The fourth-order valence-electron chi connectivity index (χ4n) is 2.71. The number of hydrogen-bond acceptors (Lipinski definition) is 2. The van der Waals surface area contributed by atoms with E-state index in [2.05, 4.69) is 9.55 Å². The van der Waals surface area contributed by atoms with Crippen molar-refractivity contribution < 1.29 is 9.13 Å². The van der Waals surface area contributed by atoms with Gasteiger partial charge in [0.05, 0.1) is 26.1 Å². The first-order chi connectivity index (χ1) is 9.51. The van der Waals surface area contributed by atoms with E-state index >= 15 is 0 Å². The second-order valence-corrected chi connectivity index (χ2v) is 7.01. The van der Waals surface area contributed by atoms with Crippen molar-refractivity contribution >= 4 is 45.2 Å². The van der Waals surface area contributed by atoms with Gasteiger partial charge in [-0.15, -0.1) is 11.6 Å². The quantitative estimate of drug-likeness (QED) is 0.555. The second kappa shape index (κ2) is 5.42. The SMILES string of the molecule is COC1CC(n2c(C(C)Cl)nc3cc(I)c(F)cc32)C1. The number of nitrogens with zero attached hydrogens (tertiary/aromatic N) is 2. The lowest BCUT2D eigenvalue weighted by Gasteiger charge is -2.36. The number of hydrogen-bond donors (Lipinski definition) is 0. The van der Waals surface area contributed by atoms with Crippen LogP contribution in [0, 0.1) is 9.39 Å². The minimum Gasteiger partial charge on any atom is -0.381 e. The summed E-state index contributed by atoms with van der Waals surface area (Å²) in [5.41, 5.74) is 1.63. The van der Waals surface area contributed by atoms with E-state index < -0.39 is 0 Å². The average molecular weight is 409 g/mol. The molecule has 0 spiro atoms. The molecule has 3 nitrogen and oxygen atoms in total. The monoisotopic (exact) mass is 408 g/mol. The Labute approximate surface area is 135 Å². The van der Waals surface area contributed by atoms with Crippen molar-refractivity contribution in [3.05, 3.63) is 27.3 Å². The van der Waals surface area contributed by atoms with Crippen molar-refractivity contribution in [2.45, 2.75) is 37.3 Å². The minimum absolute atomic E-state index is 0.204. The molecule has 20 heavy (non-hydrogen) atoms. The van der Waals surface area contributed by atoms with E-state index in [0.717, 1.165) is 29.7 Å². The van der Waals surface area contributed by atoms with Gasteiger partial charge in [0.25, 0.3) is 0 Å². The van der Waals surface area contributed by atoms with E-state index in [-0.39, 0.29) is 17.3 Å². The summed E-state index contributed by atoms with van der Waals surface area (Å²) in [6, 6.07) is 3.63. The minimum atomic E-state index is -0.212. The predicted molar refractivity (Wildman–Crippen MR) is 85.7 cm³/mol. The Kier molecular flexibility index (Phi) is 3.94. The Balaban J connectivity index is 2.12. The molecule has 1 aliphatic rings. The maximum atomic E-state index is 13.9. The number of imidazole rings is 1. The van der Waals surface area contributed by atoms with Crippen LogP contribution in [0.25, 0.3) is 11.0 Å². The molecule has 1 fully saturated rings. The number of fused-ring (bicyclic) bond motifs is 1. The third-order valence-electron chi connectivity index (χ3n) is 3.88. The highest BCUT2D eigenvalue weighted by Crippen LogP contribution is 2.40. The first-order valence-corrected chi connectivity index (χ1v) is 8.06. The normalized spacial score (nSPS) is 23.9. The number of benzene rings is 1. The summed E-state index contributed by atoms with van der Waals surface area (Å²) in [6.45, 7) is 1.90. The van der Waals surface area contributed by atoms with Crippen LogP contribution in [0.2, 0.25) is 0 Å². The van der Waals surface area contributed by atoms with E-state index in [1.165, 1.54) is 0 Å². The van der Waals surface area contributed by atoms with E-state index in [1.807, 2.05) is 29.5 Å². The fraction of sp³-hybridized carbons (Fsp3) is 0.500. The van der Waals surface area contributed by atoms with Crippen LogP contribution < -0.4 is 0 Å². The zero-order valence-electron chi connectivity index (χ0n) is 11.2. The van der Waals surface area contributed by atoms with Crippen molar-refractivity contribution in [2.24, 2.45) is 0 Å². The molecule has 0 amide bonds. The number of alkyl halides is 1. The molecule has 1 saturated carbocycles. The third-order valence-corrected chi connectivity index (χ3v) is 4.90. The summed E-state index contributed by atoms with van der Waals surface area (Å²) >= 11 is 8.23. The molecule has 0 N–H and O–H groups in total. The molecule has 108 valence electrons. The van der Waals surface area contributed by atoms with Crippen molar-refractivity contribution in [3.8, 4) is 0 Å². The average Bonchev–Trinajstić information content (AvgIpc) is 2.68. The molecule has 0 bridgehead atoms. The van der Waals surface area contributed by atoms with Crippen molar-refractivity contribution in [2.75, 3.05) is 7.11 Å². The van der Waals surface area contributed by atoms with E-state index in [9.17, 15) is 4.39 Å². The topological polar surface area (TPSA) is 27.1 Å². The maximum Gasteiger partial charge on any atom is 0.138 e. The second-order valence-electron chi connectivity index (χ2n) is 5.19. The predicted octanol–water partition coefficient (Wildman–Crippen LogP) is 4.43. The number of methoxy groups -OCH3 is 1. The van der Waals surface area contributed by atoms with Gasteiger partial charge in [0.15, 0.2) is 0 Å². The first kappa shape index (κ1) is 14.5. The van der Waals surface area contributed by atoms with Gasteiger partial charge in [-0.05, 0) is 48.4 Å². The molecule has 1 heterocycles. The van der Waals surface area contributed by atoms with Gasteiger partial charge in [-0.1, -0.05) is 0 Å². The Hall–Kier alpha value is -0.400. The van der Waals surface area contributed by atoms with Crippen LogP contribution in [0.15, 0.2) is 12.1 Å². The zero-order valence-corrected chi connectivity index (χ0v) is 14.2. The maximum absolute atomic E-state index is 13.9. The molecular weight excluding hydrogens is 394 g/mol. The molecule has 6 heteroatoms. The molecule has 1 aromatic heterocycles. The van der Waals surface area contributed by atoms with Gasteiger partial charge in [-0.2, -0.15) is 0 Å². The molecule has 1 atom stereocenters. The van der Waals surface area contributed by atoms with E-state index in [1.54, 1.807) is 19.2 Å². The Bertz CT molecular complexity index is 652. The molecule has 1 aromatic carbocycles. The van der Waals surface area contributed by atoms with Gasteiger partial charge in [-0.25, -0.2) is 9.37 Å². The Morgan fingerprint density at radius 3 is 2.80 bits per heavy atom. The summed E-state index contributed by atoms with van der Waals surface area (Å²) in [5.74, 6) is 0.596. The van der Waals surface area contributed by atoms with Crippen LogP contribution >= 0.6 is 34.2 Å². The van der Waals surface area contributed by atoms with Gasteiger partial charge >= 0.3 is 0 Å². The highest BCUT2D eigenvalue weighted by molar-refractivity contribution is 14.1. The highest BCUT2D eigenvalue weighted by atomic mass is 127. The lowest BCUT2D eigenvalue weighted by Crippen LogP contribution is -2.33. The smallest absolute Gasteiger partial charge is 0.138 e. The van der Waals surface area contributed by atoms with Crippen molar-refractivity contribution in [3.63, 3.8) is 0 Å². The van der Waals surface area contributed by atoms with Gasteiger partial charge in [-0.3, -0.25) is 0 Å². The molecular formula is C14H15ClFIN2O. The van der Waals surface area contributed by atoms with Crippen molar-refractivity contribution in [1.82, 2.24) is 9.55 Å². The standard InChI is InChI=1S/C14H15ClFIN2O/c1-7(15)14-18-12-6-11(17)10(16)5-13(12)19(14)8-3-9(4-8)20-2/h5-9H,3-4H2,1-2H3. The number of rotatable bonds is 3. The van der Waals surface area contributed by atoms with Crippen LogP contribution in [-0.4, -0.2) is 22.8 Å². The lowest BCUT2D eigenvalue weighted by molar-refractivity contribution is 0.00657. The molecule has 0 radical (unpaired) electrons. The summed E-state index contributed by atoms with van der Waals surface area (Å²) < 4.78 is 21.9. The summed E-state index contributed by atoms with van der Waals surface area (Å²) in [5, 5.41) is -0.204. The first-order valence-electron chi connectivity index (χ1n) is 6.55. The fourth-order valence-corrected chi connectivity index (χ4v) is 3.32. The summed E-state index contributed by atoms with van der Waals surface area (Å²) in [7, 11) is 1.72. The van der Waals surface area contributed by atoms with Gasteiger partial charge < -0.3 is 9.30 Å².